The Morgan fingerprint density at radius 2 is 2.14 bits per heavy atom. The quantitative estimate of drug-likeness (QED) is 0.328. The molecule has 116 valence electrons. The molecule has 1 N–H and O–H groups in total. The Morgan fingerprint density at radius 3 is 2.77 bits per heavy atom. The summed E-state index contributed by atoms with van der Waals surface area (Å²) in [6, 6.07) is 10.1. The van der Waals surface area contributed by atoms with Crippen molar-refractivity contribution in [2.75, 3.05) is 25.3 Å². The van der Waals surface area contributed by atoms with Gasteiger partial charge in [-0.05, 0) is 40.9 Å². The van der Waals surface area contributed by atoms with Crippen LogP contribution in [-0.4, -0.2) is 32.5 Å². The molecule has 0 fully saturated rings. The SMILES string of the molecule is C=CCN(B(C)O)c1cc2ccccc2c(OCOC)c1I. The van der Waals surface area contributed by atoms with Gasteiger partial charge in [-0.25, -0.2) is 0 Å². The minimum atomic E-state index is -0.622. The number of hydrogen-bond donors (Lipinski definition) is 1. The highest BCUT2D eigenvalue weighted by Gasteiger charge is 2.22. The molecule has 4 nitrogen and oxygen atoms in total. The van der Waals surface area contributed by atoms with E-state index in [1.165, 1.54) is 0 Å². The average Bonchev–Trinajstić information content (AvgIpc) is 2.51. The molecule has 0 radical (unpaired) electrons. The third kappa shape index (κ3) is 3.56. The summed E-state index contributed by atoms with van der Waals surface area (Å²) >= 11 is 2.25. The van der Waals surface area contributed by atoms with E-state index < -0.39 is 7.05 Å². The first kappa shape index (κ1) is 17.1. The van der Waals surface area contributed by atoms with Gasteiger partial charge in [0.25, 0.3) is 0 Å². The van der Waals surface area contributed by atoms with Crippen LogP contribution in [0.2, 0.25) is 6.82 Å². The third-order valence-electron chi connectivity index (χ3n) is 3.33. The maximum absolute atomic E-state index is 10.1. The minimum Gasteiger partial charge on any atom is -0.466 e. The number of ether oxygens (including phenoxy) is 2. The zero-order valence-electron chi connectivity index (χ0n) is 12.8. The Balaban J connectivity index is 2.63. The van der Waals surface area contributed by atoms with Crippen LogP contribution in [0.5, 0.6) is 5.75 Å². The number of rotatable bonds is 7. The molecular formula is C16H19BINO3. The lowest BCUT2D eigenvalue weighted by Crippen LogP contribution is -2.37. The van der Waals surface area contributed by atoms with Gasteiger partial charge in [-0.1, -0.05) is 30.3 Å². The fraction of sp³-hybridized carbons (Fsp3) is 0.250. The summed E-state index contributed by atoms with van der Waals surface area (Å²) in [6.07, 6.45) is 1.77. The van der Waals surface area contributed by atoms with Crippen LogP contribution in [0.15, 0.2) is 43.0 Å². The average molecular weight is 411 g/mol. The predicted molar refractivity (Wildman–Crippen MR) is 101 cm³/mol. The van der Waals surface area contributed by atoms with Crippen LogP contribution in [-0.2, 0) is 4.74 Å². The number of nitrogens with zero attached hydrogens (tertiary/aromatic N) is 1. The molecule has 0 aliphatic carbocycles. The molecule has 0 aromatic heterocycles. The van der Waals surface area contributed by atoms with Gasteiger partial charge < -0.3 is 19.3 Å². The zero-order chi connectivity index (χ0) is 16.1. The lowest BCUT2D eigenvalue weighted by molar-refractivity contribution is 0.0517. The fourth-order valence-electron chi connectivity index (χ4n) is 2.33. The monoisotopic (exact) mass is 411 g/mol. The van der Waals surface area contributed by atoms with Crippen LogP contribution >= 0.6 is 22.6 Å². The summed E-state index contributed by atoms with van der Waals surface area (Å²) in [6.45, 7) is 6.24. The van der Waals surface area contributed by atoms with E-state index in [1.54, 1.807) is 20.0 Å². The first-order valence-corrected chi connectivity index (χ1v) is 8.06. The molecular weight excluding hydrogens is 392 g/mol. The van der Waals surface area contributed by atoms with Gasteiger partial charge in [-0.2, -0.15) is 0 Å². The molecule has 0 atom stereocenters. The van der Waals surface area contributed by atoms with E-state index in [9.17, 15) is 5.02 Å². The molecule has 0 spiro atoms. The lowest BCUT2D eigenvalue weighted by atomic mass is 9.84. The maximum Gasteiger partial charge on any atom is 0.409 e. The van der Waals surface area contributed by atoms with Crippen LogP contribution in [0.3, 0.4) is 0 Å². The predicted octanol–water partition coefficient (Wildman–Crippen LogP) is 3.53. The smallest absolute Gasteiger partial charge is 0.409 e. The number of hydrogen-bond acceptors (Lipinski definition) is 4. The van der Waals surface area contributed by atoms with E-state index in [-0.39, 0.29) is 6.79 Å². The highest BCUT2D eigenvalue weighted by Crippen LogP contribution is 2.38. The molecule has 2 aromatic carbocycles. The van der Waals surface area contributed by atoms with E-state index >= 15 is 0 Å². The van der Waals surface area contributed by atoms with Crippen LogP contribution < -0.4 is 9.55 Å². The molecule has 0 saturated heterocycles. The van der Waals surface area contributed by atoms with Crippen molar-refractivity contribution in [3.63, 3.8) is 0 Å². The molecule has 0 bridgehead atoms. The van der Waals surface area contributed by atoms with Crippen LogP contribution in [0, 0.1) is 3.57 Å². The first-order chi connectivity index (χ1) is 10.6. The normalized spacial score (nSPS) is 10.5. The lowest BCUT2D eigenvalue weighted by Gasteiger charge is -2.27. The fourth-order valence-corrected chi connectivity index (χ4v) is 3.25. The Bertz CT molecular complexity index is 663. The number of fused-ring (bicyclic) bond motifs is 1. The Kier molecular flexibility index (Phi) is 6.11. The van der Waals surface area contributed by atoms with E-state index in [2.05, 4.69) is 35.2 Å². The molecule has 0 heterocycles. The molecule has 2 aromatic rings. The Hall–Kier alpha value is -1.25. The van der Waals surface area contributed by atoms with Crippen molar-refractivity contribution in [3.8, 4) is 5.75 Å². The van der Waals surface area contributed by atoms with E-state index in [0.717, 1.165) is 25.8 Å². The van der Waals surface area contributed by atoms with Gasteiger partial charge in [-0.15, -0.1) is 6.58 Å². The van der Waals surface area contributed by atoms with Crippen molar-refractivity contribution in [1.82, 2.24) is 0 Å². The van der Waals surface area contributed by atoms with Crippen molar-refractivity contribution >= 4 is 46.1 Å². The van der Waals surface area contributed by atoms with Gasteiger partial charge in [0, 0.05) is 24.7 Å². The van der Waals surface area contributed by atoms with Gasteiger partial charge in [0.05, 0.1) is 3.57 Å². The number of benzene rings is 2. The number of halogens is 1. The molecule has 0 amide bonds. The Labute approximate surface area is 145 Å². The maximum atomic E-state index is 10.1. The molecule has 22 heavy (non-hydrogen) atoms. The highest BCUT2D eigenvalue weighted by atomic mass is 127. The molecule has 0 aliphatic rings. The van der Waals surface area contributed by atoms with Crippen LogP contribution in [0.25, 0.3) is 10.8 Å². The van der Waals surface area contributed by atoms with Crippen molar-refractivity contribution < 1.29 is 14.5 Å². The van der Waals surface area contributed by atoms with E-state index in [4.69, 9.17) is 9.47 Å². The Morgan fingerprint density at radius 1 is 1.41 bits per heavy atom. The molecule has 0 saturated carbocycles. The summed E-state index contributed by atoms with van der Waals surface area (Å²) < 4.78 is 11.8. The minimum absolute atomic E-state index is 0.180. The van der Waals surface area contributed by atoms with E-state index in [1.807, 2.05) is 29.1 Å². The third-order valence-corrected chi connectivity index (χ3v) is 4.37. The largest absolute Gasteiger partial charge is 0.466 e. The van der Waals surface area contributed by atoms with Crippen LogP contribution in [0.1, 0.15) is 0 Å². The second kappa shape index (κ2) is 7.85. The molecule has 0 aliphatic heterocycles. The van der Waals surface area contributed by atoms with Gasteiger partial charge in [0.2, 0.25) is 0 Å². The summed E-state index contributed by atoms with van der Waals surface area (Å²) in [4.78, 5) is 1.88. The van der Waals surface area contributed by atoms with Crippen molar-refractivity contribution in [2.45, 2.75) is 6.82 Å². The zero-order valence-corrected chi connectivity index (χ0v) is 14.9. The van der Waals surface area contributed by atoms with Crippen molar-refractivity contribution in [3.05, 3.63) is 46.6 Å². The molecule has 6 heteroatoms. The first-order valence-electron chi connectivity index (χ1n) is 6.98. The van der Waals surface area contributed by atoms with E-state index in [0.29, 0.717) is 6.54 Å². The number of methoxy groups -OCH3 is 1. The van der Waals surface area contributed by atoms with Crippen LogP contribution in [0.4, 0.5) is 5.69 Å². The second-order valence-corrected chi connectivity index (χ2v) is 5.96. The van der Waals surface area contributed by atoms with Crippen molar-refractivity contribution in [2.24, 2.45) is 0 Å². The van der Waals surface area contributed by atoms with Crippen molar-refractivity contribution in [1.29, 1.82) is 0 Å². The summed E-state index contributed by atoms with van der Waals surface area (Å²) in [5.74, 6) is 0.769. The van der Waals surface area contributed by atoms with Gasteiger partial charge >= 0.3 is 7.05 Å². The highest BCUT2D eigenvalue weighted by molar-refractivity contribution is 14.1. The second-order valence-electron chi connectivity index (χ2n) is 4.88. The summed E-state index contributed by atoms with van der Waals surface area (Å²) in [5.41, 5.74) is 0.917. The van der Waals surface area contributed by atoms with Gasteiger partial charge in [0.15, 0.2) is 6.79 Å². The summed E-state index contributed by atoms with van der Waals surface area (Å²) in [5, 5.41) is 12.1. The molecule has 2 rings (SSSR count). The standard InChI is InChI=1S/C16H19BINO3/c1-4-9-19(17(2)20)14-10-12-7-5-6-8-13(12)16(15(14)18)22-11-21-3/h4-8,10,20H,1,9,11H2,2-3H3. The molecule has 0 unspecified atom stereocenters. The van der Waals surface area contributed by atoms with Gasteiger partial charge in [0.1, 0.15) is 5.75 Å². The summed E-state index contributed by atoms with van der Waals surface area (Å²) in [7, 11) is 0.974. The van der Waals surface area contributed by atoms with Gasteiger partial charge in [-0.3, -0.25) is 0 Å². The topological polar surface area (TPSA) is 41.9 Å². The number of anilines is 1.